The Balaban J connectivity index is 1.27. The van der Waals surface area contributed by atoms with Gasteiger partial charge >= 0.3 is 0 Å². The number of carbonyl (C=O) groups excluding carboxylic acids is 1. The fourth-order valence-corrected chi connectivity index (χ4v) is 4.74. The molecule has 0 bridgehead atoms. The number of rotatable bonds is 5. The van der Waals surface area contributed by atoms with Crippen LogP contribution in [0.1, 0.15) is 34.3 Å². The average molecular weight is 424 g/mol. The third-order valence-corrected chi connectivity index (χ3v) is 6.62. The van der Waals surface area contributed by atoms with Gasteiger partial charge in [0.25, 0.3) is 5.91 Å². The zero-order valence-corrected chi connectivity index (χ0v) is 18.3. The van der Waals surface area contributed by atoms with E-state index in [1.165, 1.54) is 11.1 Å². The van der Waals surface area contributed by atoms with Crippen molar-refractivity contribution in [3.05, 3.63) is 102 Å². The SMILES string of the molecule is Nc1ccc(Cn2ccc3ccc(C(=O)N4CCC(Cc5ccccc5)CC4)cc32)cc1. The lowest BCUT2D eigenvalue weighted by Crippen LogP contribution is -2.38. The Hall–Kier alpha value is -3.53. The van der Waals surface area contributed by atoms with Gasteiger partial charge in [0, 0.05) is 42.6 Å². The predicted octanol–water partition coefficient (Wildman–Crippen LogP) is 5.37. The molecule has 0 unspecified atom stereocenters. The van der Waals surface area contributed by atoms with Crippen molar-refractivity contribution in [2.75, 3.05) is 18.8 Å². The van der Waals surface area contributed by atoms with Gasteiger partial charge in [0.1, 0.15) is 0 Å². The van der Waals surface area contributed by atoms with Gasteiger partial charge in [0.2, 0.25) is 0 Å². The first-order valence-electron chi connectivity index (χ1n) is 11.4. The smallest absolute Gasteiger partial charge is 0.253 e. The molecule has 1 saturated heterocycles. The Morgan fingerprint density at radius 1 is 0.875 bits per heavy atom. The monoisotopic (exact) mass is 423 g/mol. The van der Waals surface area contributed by atoms with Crippen LogP contribution in [0.25, 0.3) is 10.9 Å². The minimum Gasteiger partial charge on any atom is -0.399 e. The van der Waals surface area contributed by atoms with Crippen LogP contribution >= 0.6 is 0 Å². The van der Waals surface area contributed by atoms with Gasteiger partial charge < -0.3 is 15.2 Å². The molecule has 0 spiro atoms. The second-order valence-corrected chi connectivity index (χ2v) is 8.88. The van der Waals surface area contributed by atoms with Gasteiger partial charge in [-0.1, -0.05) is 48.5 Å². The van der Waals surface area contributed by atoms with E-state index in [1.54, 1.807) is 0 Å². The molecule has 1 aromatic heterocycles. The highest BCUT2D eigenvalue weighted by molar-refractivity contribution is 5.98. The van der Waals surface area contributed by atoms with Crippen molar-refractivity contribution in [1.29, 1.82) is 0 Å². The number of anilines is 1. The quantitative estimate of drug-likeness (QED) is 0.439. The van der Waals surface area contributed by atoms with E-state index < -0.39 is 0 Å². The summed E-state index contributed by atoms with van der Waals surface area (Å²) in [6.07, 6.45) is 5.32. The number of hydrogen-bond donors (Lipinski definition) is 1. The number of fused-ring (bicyclic) bond motifs is 1. The molecule has 1 fully saturated rings. The average Bonchev–Trinajstić information content (AvgIpc) is 3.23. The molecule has 0 atom stereocenters. The molecule has 1 aliphatic rings. The van der Waals surface area contributed by atoms with Crippen molar-refractivity contribution in [3.8, 4) is 0 Å². The van der Waals surface area contributed by atoms with Gasteiger partial charge in [0.05, 0.1) is 0 Å². The molecule has 32 heavy (non-hydrogen) atoms. The fraction of sp³-hybridized carbons (Fsp3) is 0.250. The summed E-state index contributed by atoms with van der Waals surface area (Å²) in [5.74, 6) is 0.798. The summed E-state index contributed by atoms with van der Waals surface area (Å²) in [7, 11) is 0. The summed E-state index contributed by atoms with van der Waals surface area (Å²) in [5, 5.41) is 1.15. The van der Waals surface area contributed by atoms with Crippen LogP contribution in [0.15, 0.2) is 85.1 Å². The molecule has 0 aliphatic carbocycles. The second kappa shape index (κ2) is 8.91. The third-order valence-electron chi connectivity index (χ3n) is 6.62. The molecule has 4 heteroatoms. The van der Waals surface area contributed by atoms with Gasteiger partial charge in [-0.25, -0.2) is 0 Å². The zero-order valence-electron chi connectivity index (χ0n) is 18.3. The van der Waals surface area contributed by atoms with E-state index in [2.05, 4.69) is 65.4 Å². The van der Waals surface area contributed by atoms with Crippen LogP contribution in [0.5, 0.6) is 0 Å². The van der Waals surface area contributed by atoms with E-state index in [0.717, 1.165) is 61.1 Å². The predicted molar refractivity (Wildman–Crippen MR) is 131 cm³/mol. The summed E-state index contributed by atoms with van der Waals surface area (Å²) in [5.41, 5.74) is 11.0. The molecule has 162 valence electrons. The van der Waals surface area contributed by atoms with Gasteiger partial charge in [-0.05, 0) is 72.0 Å². The molecule has 4 aromatic rings. The third kappa shape index (κ3) is 4.40. The Morgan fingerprint density at radius 2 is 1.62 bits per heavy atom. The summed E-state index contributed by atoms with van der Waals surface area (Å²) in [6.45, 7) is 2.42. The maximum atomic E-state index is 13.2. The number of nitrogen functional groups attached to an aromatic ring is 1. The lowest BCUT2D eigenvalue weighted by atomic mass is 9.90. The van der Waals surface area contributed by atoms with Crippen molar-refractivity contribution in [1.82, 2.24) is 9.47 Å². The molecule has 1 aliphatic heterocycles. The van der Waals surface area contributed by atoms with Gasteiger partial charge in [-0.2, -0.15) is 0 Å². The van der Waals surface area contributed by atoms with Crippen LogP contribution in [-0.2, 0) is 13.0 Å². The van der Waals surface area contributed by atoms with Gasteiger partial charge in [-0.15, -0.1) is 0 Å². The molecule has 5 rings (SSSR count). The van der Waals surface area contributed by atoms with Crippen LogP contribution < -0.4 is 5.73 Å². The van der Waals surface area contributed by atoms with Crippen LogP contribution in [0.3, 0.4) is 0 Å². The highest BCUT2D eigenvalue weighted by Crippen LogP contribution is 2.25. The first kappa shape index (κ1) is 20.4. The Labute approximate surface area is 189 Å². The Morgan fingerprint density at radius 3 is 2.38 bits per heavy atom. The molecule has 0 radical (unpaired) electrons. The molecule has 3 aromatic carbocycles. The summed E-state index contributed by atoms with van der Waals surface area (Å²) < 4.78 is 2.20. The number of aromatic nitrogens is 1. The molecule has 2 heterocycles. The van der Waals surface area contributed by atoms with Crippen molar-refractivity contribution in [3.63, 3.8) is 0 Å². The van der Waals surface area contributed by atoms with E-state index >= 15 is 0 Å². The molecule has 0 saturated carbocycles. The van der Waals surface area contributed by atoms with E-state index in [-0.39, 0.29) is 5.91 Å². The van der Waals surface area contributed by atoms with Gasteiger partial charge in [0.15, 0.2) is 0 Å². The van der Waals surface area contributed by atoms with E-state index in [0.29, 0.717) is 5.92 Å². The highest BCUT2D eigenvalue weighted by atomic mass is 16.2. The largest absolute Gasteiger partial charge is 0.399 e. The van der Waals surface area contributed by atoms with E-state index in [4.69, 9.17) is 5.73 Å². The minimum atomic E-state index is 0.144. The lowest BCUT2D eigenvalue weighted by molar-refractivity contribution is 0.0690. The first-order chi connectivity index (χ1) is 15.7. The molecule has 4 nitrogen and oxygen atoms in total. The minimum absolute atomic E-state index is 0.144. The Kier molecular flexibility index (Phi) is 5.68. The number of piperidine rings is 1. The van der Waals surface area contributed by atoms with Crippen molar-refractivity contribution in [2.45, 2.75) is 25.8 Å². The molecular formula is C28H29N3O. The maximum Gasteiger partial charge on any atom is 0.253 e. The summed E-state index contributed by atoms with van der Waals surface area (Å²) in [6, 6.07) is 26.8. The van der Waals surface area contributed by atoms with Crippen LogP contribution in [0, 0.1) is 5.92 Å². The van der Waals surface area contributed by atoms with Crippen molar-refractivity contribution < 1.29 is 4.79 Å². The number of benzene rings is 3. The fourth-order valence-electron chi connectivity index (χ4n) is 4.74. The number of carbonyl (C=O) groups is 1. The first-order valence-corrected chi connectivity index (χ1v) is 11.4. The van der Waals surface area contributed by atoms with E-state index in [9.17, 15) is 4.79 Å². The number of amides is 1. The van der Waals surface area contributed by atoms with Crippen LogP contribution in [0.4, 0.5) is 5.69 Å². The van der Waals surface area contributed by atoms with Crippen molar-refractivity contribution >= 4 is 22.5 Å². The zero-order chi connectivity index (χ0) is 21.9. The van der Waals surface area contributed by atoms with E-state index in [1.807, 2.05) is 29.2 Å². The van der Waals surface area contributed by atoms with Crippen molar-refractivity contribution in [2.24, 2.45) is 5.92 Å². The molecule has 1 amide bonds. The number of nitrogens with two attached hydrogens (primary N) is 1. The standard InChI is InChI=1S/C28H29N3O/c29-26-10-6-23(7-11-26)20-31-17-14-24-8-9-25(19-27(24)31)28(32)30-15-12-22(13-16-30)18-21-4-2-1-3-5-21/h1-11,14,17,19,22H,12-13,15-16,18,20,29H2. The number of hydrogen-bond acceptors (Lipinski definition) is 2. The van der Waals surface area contributed by atoms with Crippen LogP contribution in [-0.4, -0.2) is 28.5 Å². The maximum absolute atomic E-state index is 13.2. The second-order valence-electron chi connectivity index (χ2n) is 8.88. The number of nitrogens with zero attached hydrogens (tertiary/aromatic N) is 2. The van der Waals surface area contributed by atoms with Crippen LogP contribution in [0.2, 0.25) is 0 Å². The van der Waals surface area contributed by atoms with Gasteiger partial charge in [-0.3, -0.25) is 4.79 Å². The summed E-state index contributed by atoms with van der Waals surface area (Å²) in [4.78, 5) is 15.3. The summed E-state index contributed by atoms with van der Waals surface area (Å²) >= 11 is 0. The molecular weight excluding hydrogens is 394 g/mol. The topological polar surface area (TPSA) is 51.3 Å². The normalized spacial score (nSPS) is 14.7. The lowest BCUT2D eigenvalue weighted by Gasteiger charge is -2.32. The molecule has 2 N–H and O–H groups in total. The number of likely N-dealkylation sites (tertiary alicyclic amines) is 1. The Bertz CT molecular complexity index is 1200. The highest BCUT2D eigenvalue weighted by Gasteiger charge is 2.24.